The lowest BCUT2D eigenvalue weighted by Gasteiger charge is -2.22. The van der Waals surface area contributed by atoms with Gasteiger partial charge >= 0.3 is 0 Å². The molecule has 0 bridgehead atoms. The highest BCUT2D eigenvalue weighted by molar-refractivity contribution is 7.13. The van der Waals surface area contributed by atoms with Crippen LogP contribution in [-0.2, 0) is 12.1 Å². The maximum absolute atomic E-state index is 14.6. The Balaban J connectivity index is 1.41. The molecule has 1 aromatic carbocycles. The lowest BCUT2D eigenvalue weighted by molar-refractivity contribution is 0.0786. The summed E-state index contributed by atoms with van der Waals surface area (Å²) in [6, 6.07) is 7.70. The van der Waals surface area contributed by atoms with Crippen molar-refractivity contribution in [3.05, 3.63) is 76.7 Å². The number of nitrogens with one attached hydrogen (secondary N) is 1. The summed E-state index contributed by atoms with van der Waals surface area (Å²) in [6.07, 6.45) is 7.14. The number of benzene rings is 1. The monoisotopic (exact) mass is 451 g/mol. The molecule has 9 heteroatoms. The van der Waals surface area contributed by atoms with Crippen molar-refractivity contribution in [3.8, 4) is 21.8 Å². The number of hydrogen-bond donors (Lipinski definition) is 2. The number of hydrogen-bond acceptors (Lipinski definition) is 5. The number of rotatable bonds is 3. The molecule has 6 rings (SSSR count). The van der Waals surface area contributed by atoms with E-state index in [2.05, 4.69) is 15.0 Å². The minimum absolute atomic E-state index is 0.0269. The summed E-state index contributed by atoms with van der Waals surface area (Å²) in [4.78, 5) is 16.2. The molecule has 0 unspecified atom stereocenters. The van der Waals surface area contributed by atoms with Crippen molar-refractivity contribution < 1.29 is 9.50 Å². The van der Waals surface area contributed by atoms with Crippen LogP contribution in [0, 0.1) is 5.82 Å². The molecule has 154 valence electrons. The first-order valence-corrected chi connectivity index (χ1v) is 10.9. The molecule has 0 radical (unpaired) electrons. The quantitative estimate of drug-likeness (QED) is 0.405. The Morgan fingerprint density at radius 2 is 2.19 bits per heavy atom. The Hall–Kier alpha value is -3.07. The van der Waals surface area contributed by atoms with Crippen molar-refractivity contribution in [1.82, 2.24) is 24.5 Å². The van der Waals surface area contributed by atoms with E-state index >= 15 is 0 Å². The van der Waals surface area contributed by atoms with Crippen LogP contribution in [0.5, 0.6) is 0 Å². The second-order valence-electron chi connectivity index (χ2n) is 7.52. The van der Waals surface area contributed by atoms with Gasteiger partial charge in [0.15, 0.2) is 5.82 Å². The van der Waals surface area contributed by atoms with Gasteiger partial charge in [0.1, 0.15) is 22.1 Å². The van der Waals surface area contributed by atoms with Gasteiger partial charge in [-0.05, 0) is 11.6 Å². The molecular weight excluding hydrogens is 437 g/mol. The number of imidazole rings is 1. The molecule has 5 heterocycles. The predicted octanol–water partition coefficient (Wildman–Crippen LogP) is 4.98. The van der Waals surface area contributed by atoms with Gasteiger partial charge in [-0.15, -0.1) is 11.3 Å². The zero-order valence-electron chi connectivity index (χ0n) is 16.0. The van der Waals surface area contributed by atoms with Gasteiger partial charge in [-0.2, -0.15) is 0 Å². The smallest absolute Gasteiger partial charge is 0.155 e. The minimum Gasteiger partial charge on any atom is -0.377 e. The Bertz CT molecular complexity index is 1460. The van der Waals surface area contributed by atoms with Crippen molar-refractivity contribution in [2.75, 3.05) is 0 Å². The maximum Gasteiger partial charge on any atom is 0.155 e. The molecule has 6 nitrogen and oxygen atoms in total. The summed E-state index contributed by atoms with van der Waals surface area (Å²) in [7, 11) is 0. The number of H-pyrrole nitrogens is 1. The van der Waals surface area contributed by atoms with Gasteiger partial charge in [0, 0.05) is 48.1 Å². The molecule has 31 heavy (non-hydrogen) atoms. The van der Waals surface area contributed by atoms with E-state index in [1.165, 1.54) is 17.5 Å². The maximum atomic E-state index is 14.6. The molecule has 1 aliphatic rings. The number of aliphatic hydroxyl groups is 1. The lowest BCUT2D eigenvalue weighted by atomic mass is 9.90. The fraction of sp³-hybridized carbons (Fsp3) is 0.136. The third-order valence-electron chi connectivity index (χ3n) is 5.77. The zero-order chi connectivity index (χ0) is 21.2. The number of fused-ring (bicyclic) bond motifs is 2. The fourth-order valence-corrected chi connectivity index (χ4v) is 5.18. The highest BCUT2D eigenvalue weighted by Gasteiger charge is 2.40. The van der Waals surface area contributed by atoms with Crippen LogP contribution in [0.3, 0.4) is 0 Å². The number of aromatic nitrogens is 5. The Morgan fingerprint density at radius 3 is 3.10 bits per heavy atom. The molecule has 1 aliphatic heterocycles. The minimum atomic E-state index is -1.12. The summed E-state index contributed by atoms with van der Waals surface area (Å²) in [5.74, 6) is 0.142. The van der Waals surface area contributed by atoms with Gasteiger partial charge in [-0.25, -0.2) is 19.3 Å². The third kappa shape index (κ3) is 2.76. The predicted molar refractivity (Wildman–Crippen MR) is 117 cm³/mol. The van der Waals surface area contributed by atoms with E-state index in [9.17, 15) is 9.50 Å². The normalized spacial score (nSPS) is 18.0. The standard InChI is InChI=1S/C22H15ClFN5OS/c23-15-10-27-19-17(18(15)24)14(9-26-19)20-28-16(11-31-20)12-2-1-3-13(8-12)22(30)4-6-29-7-5-25-21(22)29/h1-3,5,7-11,30H,4,6H2,(H,26,27)/t22-/m1/s1. The topological polar surface area (TPSA) is 79.6 Å². The number of pyridine rings is 1. The van der Waals surface area contributed by atoms with Crippen LogP contribution in [0.15, 0.2) is 54.4 Å². The van der Waals surface area contributed by atoms with Crippen LogP contribution in [-0.4, -0.2) is 29.6 Å². The summed E-state index contributed by atoms with van der Waals surface area (Å²) >= 11 is 7.34. The zero-order valence-corrected chi connectivity index (χ0v) is 17.6. The van der Waals surface area contributed by atoms with Crippen molar-refractivity contribution in [3.63, 3.8) is 0 Å². The largest absolute Gasteiger partial charge is 0.377 e. The van der Waals surface area contributed by atoms with E-state index in [4.69, 9.17) is 16.6 Å². The Kier molecular flexibility index (Phi) is 4.05. The number of thiazole rings is 1. The van der Waals surface area contributed by atoms with Crippen molar-refractivity contribution in [1.29, 1.82) is 0 Å². The summed E-state index contributed by atoms with van der Waals surface area (Å²) in [6.45, 7) is 0.722. The van der Waals surface area contributed by atoms with E-state index in [-0.39, 0.29) is 5.02 Å². The van der Waals surface area contributed by atoms with Crippen LogP contribution < -0.4 is 0 Å². The molecule has 1 atom stereocenters. The first-order valence-electron chi connectivity index (χ1n) is 9.66. The first kappa shape index (κ1) is 18.7. The lowest BCUT2D eigenvalue weighted by Crippen LogP contribution is -2.25. The average Bonchev–Trinajstić information content (AvgIpc) is 3.56. The molecule has 4 aromatic heterocycles. The second-order valence-corrected chi connectivity index (χ2v) is 8.78. The van der Waals surface area contributed by atoms with E-state index in [0.717, 1.165) is 23.4 Å². The molecular formula is C22H15ClFN5OS. The van der Waals surface area contributed by atoms with E-state index in [0.29, 0.717) is 33.8 Å². The van der Waals surface area contributed by atoms with Gasteiger partial charge in [-0.1, -0.05) is 29.8 Å². The van der Waals surface area contributed by atoms with Gasteiger partial charge in [-0.3, -0.25) is 0 Å². The van der Waals surface area contributed by atoms with E-state index in [1.807, 2.05) is 40.4 Å². The molecule has 0 spiro atoms. The van der Waals surface area contributed by atoms with E-state index in [1.54, 1.807) is 12.4 Å². The summed E-state index contributed by atoms with van der Waals surface area (Å²) < 4.78 is 16.6. The fourth-order valence-electron chi connectivity index (χ4n) is 4.19. The number of halogens is 2. The molecule has 0 fully saturated rings. The van der Waals surface area contributed by atoms with E-state index < -0.39 is 11.4 Å². The first-order chi connectivity index (χ1) is 15.0. The van der Waals surface area contributed by atoms with Crippen molar-refractivity contribution in [2.24, 2.45) is 0 Å². The molecule has 0 saturated heterocycles. The van der Waals surface area contributed by atoms with Crippen LogP contribution in [0.2, 0.25) is 5.02 Å². The third-order valence-corrected chi connectivity index (χ3v) is 6.91. The Labute approximate surface area is 185 Å². The molecule has 0 aliphatic carbocycles. The second kappa shape index (κ2) is 6.71. The molecule has 2 N–H and O–H groups in total. The van der Waals surface area contributed by atoms with Gasteiger partial charge < -0.3 is 14.7 Å². The number of aromatic amines is 1. The SMILES string of the molecule is O[C@@]1(c2cccc(-c3csc(-c4c[nH]c5ncc(Cl)c(F)c45)n3)c2)CCn2ccnc21. The average molecular weight is 452 g/mol. The van der Waals surface area contributed by atoms with Crippen LogP contribution in [0.1, 0.15) is 17.8 Å². The van der Waals surface area contributed by atoms with Gasteiger partial charge in [0.25, 0.3) is 0 Å². The number of aryl methyl sites for hydroxylation is 1. The summed E-state index contributed by atoms with van der Waals surface area (Å²) in [5.41, 5.74) is 2.31. The Morgan fingerprint density at radius 1 is 1.29 bits per heavy atom. The molecule has 5 aromatic rings. The summed E-state index contributed by atoms with van der Waals surface area (Å²) in [5, 5.41) is 14.2. The highest BCUT2D eigenvalue weighted by Crippen LogP contribution is 2.40. The van der Waals surface area contributed by atoms with Crippen LogP contribution in [0.25, 0.3) is 32.9 Å². The van der Waals surface area contributed by atoms with Crippen molar-refractivity contribution >= 4 is 34.0 Å². The van der Waals surface area contributed by atoms with Crippen LogP contribution >= 0.6 is 22.9 Å². The van der Waals surface area contributed by atoms with Gasteiger partial charge in [0.2, 0.25) is 0 Å². The molecule has 0 saturated carbocycles. The number of nitrogens with zero attached hydrogens (tertiary/aromatic N) is 4. The molecule has 0 amide bonds. The van der Waals surface area contributed by atoms with Crippen LogP contribution in [0.4, 0.5) is 4.39 Å². The van der Waals surface area contributed by atoms with Gasteiger partial charge in [0.05, 0.1) is 22.3 Å². The highest BCUT2D eigenvalue weighted by atomic mass is 35.5. The van der Waals surface area contributed by atoms with Crippen molar-refractivity contribution in [2.45, 2.75) is 18.6 Å².